The van der Waals surface area contributed by atoms with Crippen LogP contribution in [0.1, 0.15) is 41.6 Å². The smallest absolute Gasteiger partial charge is 0.272 e. The molecule has 1 saturated carbocycles. The molecule has 1 aliphatic rings. The Morgan fingerprint density at radius 1 is 1.48 bits per heavy atom. The molecule has 0 radical (unpaired) electrons. The van der Waals surface area contributed by atoms with E-state index in [1.807, 2.05) is 43.5 Å². The summed E-state index contributed by atoms with van der Waals surface area (Å²) in [6, 6.07) is 2.25. The minimum Gasteiger partial charge on any atom is -0.335 e. The van der Waals surface area contributed by atoms with Crippen LogP contribution in [0, 0.1) is 13.8 Å². The molecule has 2 heterocycles. The highest BCUT2D eigenvalue weighted by Gasteiger charge is 2.32. The molecule has 0 atom stereocenters. The Kier molecular flexibility index (Phi) is 3.31. The second-order valence-corrected chi connectivity index (χ2v) is 5.66. The predicted molar refractivity (Wildman–Crippen MR) is 80.0 cm³/mol. The lowest BCUT2D eigenvalue weighted by Gasteiger charge is -2.18. The third kappa shape index (κ3) is 2.34. The Labute approximate surface area is 124 Å². The first-order chi connectivity index (χ1) is 10.0. The van der Waals surface area contributed by atoms with Gasteiger partial charge in [-0.1, -0.05) is 0 Å². The SMILES string of the molecule is CCN(C(=O)c1cc(-c2c(C)nn(C)c2C)n[nH]1)C1CC1. The van der Waals surface area contributed by atoms with Crippen molar-refractivity contribution in [3.63, 3.8) is 0 Å². The topological polar surface area (TPSA) is 66.8 Å². The number of carbonyl (C=O) groups is 1. The second-order valence-electron chi connectivity index (χ2n) is 5.66. The van der Waals surface area contributed by atoms with E-state index in [2.05, 4.69) is 15.3 Å². The maximum atomic E-state index is 12.5. The number of aromatic nitrogens is 4. The van der Waals surface area contributed by atoms with Crippen LogP contribution in [0.5, 0.6) is 0 Å². The minimum absolute atomic E-state index is 0.0398. The van der Waals surface area contributed by atoms with E-state index in [1.54, 1.807) is 0 Å². The quantitative estimate of drug-likeness (QED) is 0.936. The van der Waals surface area contributed by atoms with Crippen molar-refractivity contribution < 1.29 is 4.79 Å². The van der Waals surface area contributed by atoms with Crippen molar-refractivity contribution >= 4 is 5.91 Å². The summed E-state index contributed by atoms with van der Waals surface area (Å²) in [6.07, 6.45) is 2.22. The van der Waals surface area contributed by atoms with Gasteiger partial charge in [0, 0.05) is 30.9 Å². The average Bonchev–Trinajstić information content (AvgIpc) is 3.10. The van der Waals surface area contributed by atoms with E-state index in [9.17, 15) is 4.79 Å². The summed E-state index contributed by atoms with van der Waals surface area (Å²) in [4.78, 5) is 14.4. The highest BCUT2D eigenvalue weighted by atomic mass is 16.2. The molecule has 1 aliphatic carbocycles. The zero-order chi connectivity index (χ0) is 15.1. The van der Waals surface area contributed by atoms with E-state index in [0.29, 0.717) is 11.7 Å². The summed E-state index contributed by atoms with van der Waals surface area (Å²) < 4.78 is 1.84. The van der Waals surface area contributed by atoms with Crippen LogP contribution in [0.3, 0.4) is 0 Å². The van der Waals surface area contributed by atoms with Gasteiger partial charge in [-0.15, -0.1) is 0 Å². The molecule has 0 aliphatic heterocycles. The van der Waals surface area contributed by atoms with Crippen LogP contribution in [0.25, 0.3) is 11.3 Å². The number of nitrogens with zero attached hydrogens (tertiary/aromatic N) is 4. The molecule has 112 valence electrons. The third-order valence-corrected chi connectivity index (χ3v) is 4.16. The molecule has 0 spiro atoms. The lowest BCUT2D eigenvalue weighted by atomic mass is 10.1. The fraction of sp³-hybridized carbons (Fsp3) is 0.533. The summed E-state index contributed by atoms with van der Waals surface area (Å²) >= 11 is 0. The summed E-state index contributed by atoms with van der Waals surface area (Å²) in [5.74, 6) is 0.0398. The number of H-pyrrole nitrogens is 1. The second kappa shape index (κ2) is 5.02. The fourth-order valence-electron chi connectivity index (χ4n) is 2.81. The maximum absolute atomic E-state index is 12.5. The van der Waals surface area contributed by atoms with Crippen molar-refractivity contribution in [1.82, 2.24) is 24.9 Å². The molecule has 1 N–H and O–H groups in total. The standard InChI is InChI=1S/C15H21N5O/c1-5-20(11-6-7-11)15(21)13-8-12(16-17-13)14-9(2)18-19(4)10(14)3/h8,11H,5-7H2,1-4H3,(H,16,17). The van der Waals surface area contributed by atoms with Crippen LogP contribution in [0.2, 0.25) is 0 Å². The lowest BCUT2D eigenvalue weighted by molar-refractivity contribution is 0.0746. The van der Waals surface area contributed by atoms with Crippen LogP contribution in [0.4, 0.5) is 0 Å². The van der Waals surface area contributed by atoms with Crippen LogP contribution >= 0.6 is 0 Å². The van der Waals surface area contributed by atoms with E-state index in [4.69, 9.17) is 0 Å². The van der Waals surface area contributed by atoms with Gasteiger partial charge in [-0.3, -0.25) is 14.6 Å². The van der Waals surface area contributed by atoms with Gasteiger partial charge in [0.25, 0.3) is 5.91 Å². The number of amides is 1. The number of hydrogen-bond donors (Lipinski definition) is 1. The highest BCUT2D eigenvalue weighted by molar-refractivity contribution is 5.94. The molecule has 0 unspecified atom stereocenters. The van der Waals surface area contributed by atoms with Crippen LogP contribution < -0.4 is 0 Å². The van der Waals surface area contributed by atoms with Crippen molar-refractivity contribution in [3.05, 3.63) is 23.1 Å². The summed E-state index contributed by atoms with van der Waals surface area (Å²) in [5, 5.41) is 11.6. The van der Waals surface area contributed by atoms with Crippen molar-refractivity contribution in [1.29, 1.82) is 0 Å². The molecule has 3 rings (SSSR count). The molecule has 21 heavy (non-hydrogen) atoms. The van der Waals surface area contributed by atoms with Gasteiger partial charge in [-0.05, 0) is 39.7 Å². The van der Waals surface area contributed by atoms with Crippen LogP contribution in [-0.4, -0.2) is 43.4 Å². The molecule has 2 aromatic rings. The average molecular weight is 287 g/mol. The molecule has 0 aromatic carbocycles. The molecular formula is C15H21N5O. The van der Waals surface area contributed by atoms with E-state index >= 15 is 0 Å². The molecule has 1 fully saturated rings. The third-order valence-electron chi connectivity index (χ3n) is 4.16. The molecule has 0 bridgehead atoms. The van der Waals surface area contributed by atoms with E-state index in [1.165, 1.54) is 0 Å². The zero-order valence-corrected chi connectivity index (χ0v) is 13.0. The van der Waals surface area contributed by atoms with Crippen molar-refractivity contribution in [2.75, 3.05) is 6.54 Å². The molecule has 6 heteroatoms. The maximum Gasteiger partial charge on any atom is 0.272 e. The van der Waals surface area contributed by atoms with Crippen LogP contribution in [-0.2, 0) is 7.05 Å². The van der Waals surface area contributed by atoms with Gasteiger partial charge in [-0.25, -0.2) is 0 Å². The van der Waals surface area contributed by atoms with E-state index in [-0.39, 0.29) is 5.91 Å². The Balaban J connectivity index is 1.91. The van der Waals surface area contributed by atoms with Gasteiger partial charge < -0.3 is 4.90 Å². The highest BCUT2D eigenvalue weighted by Crippen LogP contribution is 2.29. The minimum atomic E-state index is 0.0398. The van der Waals surface area contributed by atoms with Gasteiger partial charge in [-0.2, -0.15) is 10.2 Å². The summed E-state index contributed by atoms with van der Waals surface area (Å²) in [6.45, 7) is 6.72. The Hall–Kier alpha value is -2.11. The number of nitrogens with one attached hydrogen (secondary N) is 1. The first kappa shape index (κ1) is 13.9. The van der Waals surface area contributed by atoms with Gasteiger partial charge in [0.1, 0.15) is 5.69 Å². The molecule has 1 amide bonds. The molecule has 0 saturated heterocycles. The van der Waals surface area contributed by atoms with Gasteiger partial charge in [0.15, 0.2) is 0 Å². The number of aromatic amines is 1. The van der Waals surface area contributed by atoms with E-state index in [0.717, 1.165) is 42.0 Å². The molecule has 2 aromatic heterocycles. The number of hydrogen-bond acceptors (Lipinski definition) is 3. The Morgan fingerprint density at radius 2 is 2.19 bits per heavy atom. The number of rotatable bonds is 4. The summed E-state index contributed by atoms with van der Waals surface area (Å²) in [7, 11) is 1.91. The molecular weight excluding hydrogens is 266 g/mol. The van der Waals surface area contributed by atoms with Crippen LogP contribution in [0.15, 0.2) is 6.07 Å². The van der Waals surface area contributed by atoms with E-state index < -0.39 is 0 Å². The molecule has 6 nitrogen and oxygen atoms in total. The predicted octanol–water partition coefficient (Wildman–Crippen LogP) is 2.05. The lowest BCUT2D eigenvalue weighted by Crippen LogP contribution is -2.33. The van der Waals surface area contributed by atoms with Gasteiger partial charge >= 0.3 is 0 Å². The van der Waals surface area contributed by atoms with Crippen molar-refractivity contribution in [2.24, 2.45) is 7.05 Å². The van der Waals surface area contributed by atoms with Crippen molar-refractivity contribution in [2.45, 2.75) is 39.7 Å². The first-order valence-electron chi connectivity index (χ1n) is 7.39. The fourth-order valence-corrected chi connectivity index (χ4v) is 2.81. The largest absolute Gasteiger partial charge is 0.335 e. The zero-order valence-electron chi connectivity index (χ0n) is 13.0. The number of carbonyl (C=O) groups excluding carboxylic acids is 1. The van der Waals surface area contributed by atoms with Gasteiger partial charge in [0.05, 0.1) is 11.4 Å². The Bertz CT molecular complexity index is 680. The monoisotopic (exact) mass is 287 g/mol. The van der Waals surface area contributed by atoms with Crippen molar-refractivity contribution in [3.8, 4) is 11.3 Å². The first-order valence-corrected chi connectivity index (χ1v) is 7.39. The normalized spacial score (nSPS) is 14.5. The Morgan fingerprint density at radius 3 is 2.71 bits per heavy atom. The van der Waals surface area contributed by atoms with Gasteiger partial charge in [0.2, 0.25) is 0 Å². The number of aryl methyl sites for hydroxylation is 2. The summed E-state index contributed by atoms with van der Waals surface area (Å²) in [5.41, 5.74) is 4.32.